The zero-order valence-electron chi connectivity index (χ0n) is 20.4. The van der Waals surface area contributed by atoms with Gasteiger partial charge in [0.25, 0.3) is 0 Å². The normalized spacial score (nSPS) is 14.7. The van der Waals surface area contributed by atoms with E-state index in [2.05, 4.69) is 5.32 Å². The molecule has 1 fully saturated rings. The summed E-state index contributed by atoms with van der Waals surface area (Å²) in [5.74, 6) is 1.16. The Morgan fingerprint density at radius 3 is 2.29 bits per heavy atom. The summed E-state index contributed by atoms with van der Waals surface area (Å²) >= 11 is 12.8. The van der Waals surface area contributed by atoms with Gasteiger partial charge in [0.2, 0.25) is 11.8 Å². The third-order valence-electron chi connectivity index (χ3n) is 6.37. The van der Waals surface area contributed by atoms with Crippen LogP contribution in [0.4, 0.5) is 0 Å². The van der Waals surface area contributed by atoms with E-state index < -0.39 is 6.04 Å². The lowest BCUT2D eigenvalue weighted by molar-refractivity contribution is -0.141. The van der Waals surface area contributed by atoms with Crippen LogP contribution in [0.5, 0.6) is 11.5 Å². The Bertz CT molecular complexity index is 957. The highest BCUT2D eigenvalue weighted by atomic mass is 35.5. The zero-order valence-corrected chi connectivity index (χ0v) is 21.9. The maximum absolute atomic E-state index is 13.3. The van der Waals surface area contributed by atoms with E-state index in [0.717, 1.165) is 31.4 Å². The highest BCUT2D eigenvalue weighted by molar-refractivity contribution is 6.36. The van der Waals surface area contributed by atoms with Gasteiger partial charge in [-0.3, -0.25) is 9.59 Å². The molecule has 2 aromatic carbocycles. The molecule has 0 bridgehead atoms. The van der Waals surface area contributed by atoms with Crippen molar-refractivity contribution in [2.45, 2.75) is 70.5 Å². The minimum atomic E-state index is -0.653. The number of hydrogen-bond donors (Lipinski definition) is 1. The van der Waals surface area contributed by atoms with E-state index in [1.807, 2.05) is 24.3 Å². The van der Waals surface area contributed by atoms with Gasteiger partial charge in [0, 0.05) is 34.6 Å². The number of benzene rings is 2. The molecule has 0 radical (unpaired) electrons. The van der Waals surface area contributed by atoms with Gasteiger partial charge >= 0.3 is 0 Å². The minimum Gasteiger partial charge on any atom is -0.497 e. The molecule has 8 heteroatoms. The topological polar surface area (TPSA) is 67.9 Å². The molecule has 1 aliphatic carbocycles. The van der Waals surface area contributed by atoms with Crippen molar-refractivity contribution in [2.75, 3.05) is 13.7 Å². The van der Waals surface area contributed by atoms with Crippen molar-refractivity contribution in [1.29, 1.82) is 0 Å². The Labute approximate surface area is 217 Å². The van der Waals surface area contributed by atoms with Crippen molar-refractivity contribution < 1.29 is 19.1 Å². The third-order valence-corrected chi connectivity index (χ3v) is 7.08. The fourth-order valence-corrected chi connectivity index (χ4v) is 4.75. The second kappa shape index (κ2) is 13.6. The molecule has 1 atom stereocenters. The largest absolute Gasteiger partial charge is 0.497 e. The smallest absolute Gasteiger partial charge is 0.242 e. The Morgan fingerprint density at radius 2 is 1.66 bits per heavy atom. The first kappa shape index (κ1) is 27.2. The van der Waals surface area contributed by atoms with E-state index in [-0.39, 0.29) is 30.8 Å². The lowest BCUT2D eigenvalue weighted by Crippen LogP contribution is -2.50. The van der Waals surface area contributed by atoms with Crippen molar-refractivity contribution >= 4 is 35.0 Å². The Balaban J connectivity index is 1.63. The summed E-state index contributed by atoms with van der Waals surface area (Å²) in [4.78, 5) is 27.9. The summed E-state index contributed by atoms with van der Waals surface area (Å²) in [5.41, 5.74) is 0.635. The average molecular weight is 521 g/mol. The van der Waals surface area contributed by atoms with Crippen LogP contribution in [0.25, 0.3) is 0 Å². The molecular formula is C27H34Cl2N2O4. The van der Waals surface area contributed by atoms with E-state index in [4.69, 9.17) is 32.7 Å². The lowest BCUT2D eigenvalue weighted by Gasteiger charge is -2.31. The van der Waals surface area contributed by atoms with Crippen LogP contribution in [0.15, 0.2) is 42.5 Å². The number of methoxy groups -OCH3 is 1. The monoisotopic (exact) mass is 520 g/mol. The van der Waals surface area contributed by atoms with Crippen LogP contribution in [0.1, 0.15) is 57.4 Å². The number of halogens is 2. The maximum Gasteiger partial charge on any atom is 0.242 e. The van der Waals surface area contributed by atoms with Crippen LogP contribution in [0.3, 0.4) is 0 Å². The van der Waals surface area contributed by atoms with Crippen LogP contribution in [-0.4, -0.2) is 42.5 Å². The molecule has 1 aliphatic rings. The van der Waals surface area contributed by atoms with Crippen LogP contribution >= 0.6 is 23.2 Å². The molecule has 2 aromatic rings. The van der Waals surface area contributed by atoms with Gasteiger partial charge in [-0.15, -0.1) is 0 Å². The number of rotatable bonds is 11. The van der Waals surface area contributed by atoms with E-state index in [1.165, 1.54) is 6.42 Å². The Morgan fingerprint density at radius 1 is 1.03 bits per heavy atom. The first-order valence-electron chi connectivity index (χ1n) is 12.2. The standard InChI is InChI=1S/C27H34Cl2N2O4/c1-19(27(33)30-20-8-4-3-5-9-20)31(18-23-24(28)10-6-11-25(23)29)26(32)12-7-17-35-22-15-13-21(34-2)14-16-22/h6,10-11,13-16,19-20H,3-5,7-9,12,17-18H2,1-2H3,(H,30,33)/t19-/m0/s1. The molecule has 35 heavy (non-hydrogen) atoms. The summed E-state index contributed by atoms with van der Waals surface area (Å²) in [7, 11) is 1.61. The van der Waals surface area contributed by atoms with Crippen molar-refractivity contribution in [2.24, 2.45) is 0 Å². The summed E-state index contributed by atoms with van der Waals surface area (Å²) in [6.07, 6.45) is 6.14. The zero-order chi connectivity index (χ0) is 25.2. The van der Waals surface area contributed by atoms with Gasteiger partial charge in [-0.25, -0.2) is 0 Å². The van der Waals surface area contributed by atoms with Gasteiger partial charge in [0.15, 0.2) is 0 Å². The summed E-state index contributed by atoms with van der Waals surface area (Å²) in [5, 5.41) is 4.07. The van der Waals surface area contributed by atoms with Crippen molar-refractivity contribution in [3.63, 3.8) is 0 Å². The van der Waals surface area contributed by atoms with Gasteiger partial charge in [-0.1, -0.05) is 48.5 Å². The third kappa shape index (κ3) is 8.04. The van der Waals surface area contributed by atoms with Crippen LogP contribution < -0.4 is 14.8 Å². The Hall–Kier alpha value is -2.44. The molecule has 3 rings (SSSR count). The fraction of sp³-hybridized carbons (Fsp3) is 0.481. The first-order valence-corrected chi connectivity index (χ1v) is 12.9. The molecule has 0 spiro atoms. The van der Waals surface area contributed by atoms with Gasteiger partial charge < -0.3 is 19.7 Å². The molecule has 1 saturated carbocycles. The number of ether oxygens (including phenoxy) is 2. The van der Waals surface area contributed by atoms with E-state index >= 15 is 0 Å². The average Bonchev–Trinajstić information content (AvgIpc) is 2.87. The van der Waals surface area contributed by atoms with Gasteiger partial charge in [-0.2, -0.15) is 0 Å². The molecule has 190 valence electrons. The Kier molecular flexibility index (Phi) is 10.5. The molecular weight excluding hydrogens is 487 g/mol. The van der Waals surface area contributed by atoms with Crippen molar-refractivity contribution in [1.82, 2.24) is 10.2 Å². The number of carbonyl (C=O) groups is 2. The lowest BCUT2D eigenvalue weighted by atomic mass is 9.95. The van der Waals surface area contributed by atoms with Crippen molar-refractivity contribution in [3.05, 3.63) is 58.1 Å². The molecule has 6 nitrogen and oxygen atoms in total. The molecule has 0 aromatic heterocycles. The quantitative estimate of drug-likeness (QED) is 0.367. The summed E-state index contributed by atoms with van der Waals surface area (Å²) < 4.78 is 10.9. The molecule has 0 aliphatic heterocycles. The SMILES string of the molecule is COc1ccc(OCCCC(=O)N(Cc2c(Cl)cccc2Cl)[C@@H](C)C(=O)NC2CCCCC2)cc1. The second-order valence-corrected chi connectivity index (χ2v) is 9.68. The molecule has 1 N–H and O–H groups in total. The predicted octanol–water partition coefficient (Wildman–Crippen LogP) is 6.03. The number of amides is 2. The molecule has 0 saturated heterocycles. The number of hydrogen-bond acceptors (Lipinski definition) is 4. The molecule has 0 heterocycles. The second-order valence-electron chi connectivity index (χ2n) is 8.87. The number of carbonyl (C=O) groups excluding carboxylic acids is 2. The van der Waals surface area contributed by atoms with Gasteiger partial charge in [0.1, 0.15) is 17.5 Å². The highest BCUT2D eigenvalue weighted by Crippen LogP contribution is 2.27. The first-order chi connectivity index (χ1) is 16.9. The summed E-state index contributed by atoms with van der Waals surface area (Å²) in [6.45, 7) is 2.30. The highest BCUT2D eigenvalue weighted by Gasteiger charge is 2.29. The van der Waals surface area contributed by atoms with Crippen LogP contribution in [0.2, 0.25) is 10.0 Å². The molecule has 2 amide bonds. The van der Waals surface area contributed by atoms with E-state index in [0.29, 0.717) is 34.4 Å². The fourth-order valence-electron chi connectivity index (χ4n) is 4.23. The van der Waals surface area contributed by atoms with Gasteiger partial charge in [-0.05, 0) is 62.6 Å². The van der Waals surface area contributed by atoms with E-state index in [1.54, 1.807) is 37.1 Å². The molecule has 0 unspecified atom stereocenters. The predicted molar refractivity (Wildman–Crippen MR) is 139 cm³/mol. The summed E-state index contributed by atoms with van der Waals surface area (Å²) in [6, 6.07) is 12.0. The van der Waals surface area contributed by atoms with Gasteiger partial charge in [0.05, 0.1) is 13.7 Å². The number of nitrogens with one attached hydrogen (secondary N) is 1. The van der Waals surface area contributed by atoms with Crippen LogP contribution in [-0.2, 0) is 16.1 Å². The maximum atomic E-state index is 13.3. The van der Waals surface area contributed by atoms with Crippen LogP contribution in [0, 0.1) is 0 Å². The minimum absolute atomic E-state index is 0.148. The van der Waals surface area contributed by atoms with Crippen molar-refractivity contribution in [3.8, 4) is 11.5 Å². The van der Waals surface area contributed by atoms with E-state index in [9.17, 15) is 9.59 Å². The number of nitrogens with zero attached hydrogens (tertiary/aromatic N) is 1.